The zero-order chi connectivity index (χ0) is 23.6. The fourth-order valence-electron chi connectivity index (χ4n) is 5.14. The third-order valence-electron chi connectivity index (χ3n) is 6.67. The van der Waals surface area contributed by atoms with Crippen molar-refractivity contribution in [2.75, 3.05) is 18.6 Å². The molecule has 172 valence electrons. The summed E-state index contributed by atoms with van der Waals surface area (Å²) in [5, 5.41) is 19.2. The number of aryl methyl sites for hydroxylation is 1. The van der Waals surface area contributed by atoms with Gasteiger partial charge in [-0.3, -0.25) is 4.90 Å². The Morgan fingerprint density at radius 1 is 1.39 bits per heavy atom. The molecule has 2 atom stereocenters. The van der Waals surface area contributed by atoms with Gasteiger partial charge in [-0.2, -0.15) is 5.26 Å². The molecule has 0 radical (unpaired) electrons. The second-order valence-electron chi connectivity index (χ2n) is 9.37. The Bertz CT molecular complexity index is 1210. The molecule has 8 nitrogen and oxygen atoms in total. The van der Waals surface area contributed by atoms with Crippen molar-refractivity contribution in [2.24, 2.45) is 11.3 Å². The summed E-state index contributed by atoms with van der Waals surface area (Å²) in [5.74, 6) is 0.744. The molecule has 1 unspecified atom stereocenters. The van der Waals surface area contributed by atoms with Gasteiger partial charge in [0, 0.05) is 18.7 Å². The molecule has 2 aromatic heterocycles. The van der Waals surface area contributed by atoms with Crippen molar-refractivity contribution in [3.63, 3.8) is 0 Å². The molecule has 1 aromatic carbocycles. The molecule has 2 heterocycles. The summed E-state index contributed by atoms with van der Waals surface area (Å²) >= 11 is 0. The summed E-state index contributed by atoms with van der Waals surface area (Å²) in [4.78, 5) is 22.2. The first-order valence-electron chi connectivity index (χ1n) is 11.2. The molecule has 0 saturated heterocycles. The van der Waals surface area contributed by atoms with Crippen LogP contribution in [0.4, 0.5) is 10.5 Å². The molecule has 3 aromatic rings. The standard InChI is InChI=1S/C25H29N5O3/c1-17-9-20(13-27-23(17)33-3)30(24(31)32)14-19-5-4-8-25(2,11-19)15-29-16-28-21-7-6-18(12-26)10-22(21)29/h6-7,9-10,13,16,19H,4-5,8,11,14-15H2,1-3H3,(H,31,32)/t19?,25-/m0/s1. The van der Waals surface area contributed by atoms with E-state index in [2.05, 4.69) is 27.5 Å². The van der Waals surface area contributed by atoms with Crippen LogP contribution in [-0.4, -0.2) is 39.4 Å². The highest BCUT2D eigenvalue weighted by molar-refractivity contribution is 5.86. The van der Waals surface area contributed by atoms with Crippen molar-refractivity contribution >= 4 is 22.8 Å². The number of carboxylic acid groups (broad SMARTS) is 1. The van der Waals surface area contributed by atoms with Crippen molar-refractivity contribution in [3.8, 4) is 11.9 Å². The van der Waals surface area contributed by atoms with Crippen LogP contribution in [0.5, 0.6) is 5.88 Å². The van der Waals surface area contributed by atoms with E-state index in [0.29, 0.717) is 23.7 Å². The zero-order valence-electron chi connectivity index (χ0n) is 19.3. The number of amides is 1. The van der Waals surface area contributed by atoms with E-state index >= 15 is 0 Å². The van der Waals surface area contributed by atoms with E-state index in [-0.39, 0.29) is 11.3 Å². The smallest absolute Gasteiger partial charge is 0.411 e. The van der Waals surface area contributed by atoms with E-state index < -0.39 is 6.09 Å². The van der Waals surface area contributed by atoms with E-state index in [0.717, 1.165) is 48.8 Å². The number of aromatic nitrogens is 3. The summed E-state index contributed by atoms with van der Waals surface area (Å²) in [7, 11) is 1.55. The lowest BCUT2D eigenvalue weighted by atomic mass is 9.70. The molecule has 1 fully saturated rings. The number of fused-ring (bicyclic) bond motifs is 1. The quantitative estimate of drug-likeness (QED) is 0.570. The maximum absolute atomic E-state index is 12.1. The average Bonchev–Trinajstić information content (AvgIpc) is 3.18. The SMILES string of the molecule is COc1ncc(N(CC2CCC[C@](C)(Cn3cnc4ccc(C#N)cc43)C2)C(=O)O)cc1C. The lowest BCUT2D eigenvalue weighted by Crippen LogP contribution is -2.39. The number of ether oxygens (including phenoxy) is 1. The van der Waals surface area contributed by atoms with Crippen LogP contribution < -0.4 is 9.64 Å². The van der Waals surface area contributed by atoms with Crippen molar-refractivity contribution in [3.05, 3.63) is 47.9 Å². The van der Waals surface area contributed by atoms with Crippen LogP contribution in [0.2, 0.25) is 0 Å². The Morgan fingerprint density at radius 3 is 2.91 bits per heavy atom. The van der Waals surface area contributed by atoms with E-state index in [1.54, 1.807) is 19.4 Å². The highest BCUT2D eigenvalue weighted by Crippen LogP contribution is 2.41. The van der Waals surface area contributed by atoms with Gasteiger partial charge in [-0.05, 0) is 61.8 Å². The van der Waals surface area contributed by atoms with Crippen LogP contribution >= 0.6 is 0 Å². The van der Waals surface area contributed by atoms with Gasteiger partial charge in [0.15, 0.2) is 0 Å². The number of nitriles is 1. The maximum atomic E-state index is 12.1. The van der Waals surface area contributed by atoms with Crippen LogP contribution in [-0.2, 0) is 6.54 Å². The number of benzene rings is 1. The Morgan fingerprint density at radius 2 is 2.21 bits per heavy atom. The molecule has 0 aliphatic heterocycles. The molecule has 1 aliphatic rings. The first kappa shape index (κ1) is 22.6. The van der Waals surface area contributed by atoms with Crippen LogP contribution in [0.3, 0.4) is 0 Å². The Hall–Kier alpha value is -3.60. The molecule has 4 rings (SSSR count). The normalized spacial score (nSPS) is 20.4. The molecule has 0 spiro atoms. The van der Waals surface area contributed by atoms with Crippen molar-refractivity contribution in [1.29, 1.82) is 5.26 Å². The van der Waals surface area contributed by atoms with E-state index in [1.807, 2.05) is 31.5 Å². The zero-order valence-corrected chi connectivity index (χ0v) is 19.3. The Kier molecular flexibility index (Phi) is 6.23. The fraction of sp³-hybridized carbons (Fsp3) is 0.440. The average molecular weight is 448 g/mol. The highest BCUT2D eigenvalue weighted by atomic mass is 16.5. The van der Waals surface area contributed by atoms with Gasteiger partial charge in [0.1, 0.15) is 0 Å². The minimum Gasteiger partial charge on any atom is -0.481 e. The van der Waals surface area contributed by atoms with Crippen molar-refractivity contribution < 1.29 is 14.6 Å². The number of imidazole rings is 1. The van der Waals surface area contributed by atoms with Gasteiger partial charge >= 0.3 is 6.09 Å². The molecule has 1 aliphatic carbocycles. The maximum Gasteiger partial charge on any atom is 0.411 e. The monoisotopic (exact) mass is 447 g/mol. The molecule has 33 heavy (non-hydrogen) atoms. The van der Waals surface area contributed by atoms with E-state index in [1.165, 1.54) is 4.90 Å². The number of anilines is 1. The fourth-order valence-corrected chi connectivity index (χ4v) is 5.14. The lowest BCUT2D eigenvalue weighted by Gasteiger charge is -2.40. The van der Waals surface area contributed by atoms with Gasteiger partial charge in [0.2, 0.25) is 5.88 Å². The largest absolute Gasteiger partial charge is 0.481 e. The topological polar surface area (TPSA) is 104 Å². The molecule has 1 saturated carbocycles. The van der Waals surface area contributed by atoms with Crippen molar-refractivity contribution in [1.82, 2.24) is 14.5 Å². The predicted octanol–water partition coefficient (Wildman–Crippen LogP) is 5.00. The summed E-state index contributed by atoms with van der Waals surface area (Å²) in [6.07, 6.45) is 6.45. The minimum atomic E-state index is -0.974. The molecule has 1 amide bonds. The van der Waals surface area contributed by atoms with Crippen LogP contribution in [0.1, 0.15) is 43.7 Å². The molecular weight excluding hydrogens is 418 g/mol. The summed E-state index contributed by atoms with van der Waals surface area (Å²) in [6.45, 7) is 5.34. The van der Waals surface area contributed by atoms with Gasteiger partial charge in [-0.15, -0.1) is 0 Å². The van der Waals surface area contributed by atoms with Crippen LogP contribution in [0.25, 0.3) is 11.0 Å². The molecule has 1 N–H and O–H groups in total. The number of nitrogens with zero attached hydrogens (tertiary/aromatic N) is 5. The van der Waals surface area contributed by atoms with E-state index in [4.69, 9.17) is 4.74 Å². The number of hydrogen-bond donors (Lipinski definition) is 1. The first-order valence-corrected chi connectivity index (χ1v) is 11.2. The third kappa shape index (κ3) is 4.77. The van der Waals surface area contributed by atoms with Gasteiger partial charge in [-0.25, -0.2) is 14.8 Å². The number of carbonyl (C=O) groups is 1. The lowest BCUT2D eigenvalue weighted by molar-refractivity contribution is 0.136. The predicted molar refractivity (Wildman–Crippen MR) is 125 cm³/mol. The van der Waals surface area contributed by atoms with Crippen LogP contribution in [0, 0.1) is 29.6 Å². The number of methoxy groups -OCH3 is 1. The molecule has 0 bridgehead atoms. The van der Waals surface area contributed by atoms with E-state index in [9.17, 15) is 15.2 Å². The molecular formula is C25H29N5O3. The Balaban J connectivity index is 1.52. The second kappa shape index (κ2) is 9.10. The van der Waals surface area contributed by atoms with Gasteiger partial charge in [0.25, 0.3) is 0 Å². The van der Waals surface area contributed by atoms with Gasteiger partial charge in [-0.1, -0.05) is 13.3 Å². The summed E-state index contributed by atoms with van der Waals surface area (Å²) in [5.41, 5.74) is 3.85. The minimum absolute atomic E-state index is 0.0114. The van der Waals surface area contributed by atoms with Gasteiger partial charge < -0.3 is 14.4 Å². The second-order valence-corrected chi connectivity index (χ2v) is 9.37. The summed E-state index contributed by atoms with van der Waals surface area (Å²) in [6, 6.07) is 9.56. The summed E-state index contributed by atoms with van der Waals surface area (Å²) < 4.78 is 7.34. The first-order chi connectivity index (χ1) is 15.8. The Labute approximate surface area is 193 Å². The highest BCUT2D eigenvalue weighted by Gasteiger charge is 2.34. The number of rotatable bonds is 6. The number of pyridine rings is 1. The van der Waals surface area contributed by atoms with Gasteiger partial charge in [0.05, 0.1) is 48.0 Å². The molecule has 8 heteroatoms. The third-order valence-corrected chi connectivity index (χ3v) is 6.67. The van der Waals surface area contributed by atoms with Crippen molar-refractivity contribution in [2.45, 2.75) is 46.1 Å². The van der Waals surface area contributed by atoms with Crippen LogP contribution in [0.15, 0.2) is 36.8 Å². The number of hydrogen-bond acceptors (Lipinski definition) is 5.